The fourth-order valence-corrected chi connectivity index (χ4v) is 3.72. The van der Waals surface area contributed by atoms with Crippen LogP contribution < -0.4 is 14.4 Å². The fourth-order valence-electron chi connectivity index (χ4n) is 2.55. The molecule has 2 aromatic carbocycles. The van der Waals surface area contributed by atoms with Crippen molar-refractivity contribution >= 4 is 27.3 Å². The van der Waals surface area contributed by atoms with Crippen LogP contribution in [0, 0.1) is 6.92 Å². The molecular weight excluding hydrogens is 352 g/mol. The second-order valence-corrected chi connectivity index (χ2v) is 7.88. The van der Waals surface area contributed by atoms with Crippen LogP contribution in [0.15, 0.2) is 48.5 Å². The van der Waals surface area contributed by atoms with Gasteiger partial charge in [-0.3, -0.25) is 9.10 Å². The van der Waals surface area contributed by atoms with Gasteiger partial charge in [0.25, 0.3) is 0 Å². The lowest BCUT2D eigenvalue weighted by Crippen LogP contribution is -2.45. The number of carbonyl (C=O) groups is 1. The molecule has 0 bridgehead atoms. The van der Waals surface area contributed by atoms with Crippen molar-refractivity contribution in [3.63, 3.8) is 0 Å². The van der Waals surface area contributed by atoms with Gasteiger partial charge >= 0.3 is 0 Å². The van der Waals surface area contributed by atoms with Gasteiger partial charge in [0, 0.05) is 5.69 Å². The second kappa shape index (κ2) is 8.23. The summed E-state index contributed by atoms with van der Waals surface area (Å²) in [5, 5.41) is 2.75. The van der Waals surface area contributed by atoms with Gasteiger partial charge in [0.15, 0.2) is 0 Å². The quantitative estimate of drug-likeness (QED) is 0.805. The van der Waals surface area contributed by atoms with E-state index >= 15 is 0 Å². The van der Waals surface area contributed by atoms with Gasteiger partial charge in [-0.1, -0.05) is 17.7 Å². The number of aryl methyl sites for hydroxylation is 1. The maximum atomic E-state index is 12.6. The van der Waals surface area contributed by atoms with Gasteiger partial charge in [-0.05, 0) is 57.2 Å². The van der Waals surface area contributed by atoms with Crippen LogP contribution in [-0.4, -0.2) is 33.2 Å². The Hall–Kier alpha value is -2.54. The van der Waals surface area contributed by atoms with Crippen molar-refractivity contribution < 1.29 is 17.9 Å². The first-order valence-corrected chi connectivity index (χ1v) is 10.2. The predicted molar refractivity (Wildman–Crippen MR) is 104 cm³/mol. The lowest BCUT2D eigenvalue weighted by Gasteiger charge is -2.28. The molecule has 0 saturated carbocycles. The summed E-state index contributed by atoms with van der Waals surface area (Å²) in [4.78, 5) is 12.6. The van der Waals surface area contributed by atoms with Crippen LogP contribution in [0.25, 0.3) is 0 Å². The molecule has 0 saturated heterocycles. The smallest absolute Gasteiger partial charge is 0.247 e. The van der Waals surface area contributed by atoms with Gasteiger partial charge in [-0.15, -0.1) is 0 Å². The van der Waals surface area contributed by atoms with Crippen LogP contribution >= 0.6 is 0 Å². The molecule has 7 heteroatoms. The van der Waals surface area contributed by atoms with Crippen LogP contribution in [0.5, 0.6) is 5.75 Å². The number of nitrogens with zero attached hydrogens (tertiary/aromatic N) is 1. The van der Waals surface area contributed by atoms with Crippen LogP contribution in [0.1, 0.15) is 19.4 Å². The molecule has 1 N–H and O–H groups in total. The van der Waals surface area contributed by atoms with E-state index in [-0.39, 0.29) is 0 Å². The van der Waals surface area contributed by atoms with Crippen LogP contribution in [-0.2, 0) is 14.8 Å². The Bertz CT molecular complexity index is 846. The number of rotatable bonds is 7. The van der Waals surface area contributed by atoms with Crippen LogP contribution in [0.2, 0.25) is 0 Å². The highest BCUT2D eigenvalue weighted by Gasteiger charge is 2.29. The topological polar surface area (TPSA) is 75.7 Å². The average molecular weight is 376 g/mol. The van der Waals surface area contributed by atoms with Crippen LogP contribution in [0.3, 0.4) is 0 Å². The molecular formula is C19H24N2O4S. The highest BCUT2D eigenvalue weighted by molar-refractivity contribution is 7.92. The molecule has 0 aromatic heterocycles. The van der Waals surface area contributed by atoms with Gasteiger partial charge in [0.2, 0.25) is 15.9 Å². The van der Waals surface area contributed by atoms with E-state index in [4.69, 9.17) is 4.74 Å². The molecule has 1 atom stereocenters. The van der Waals surface area contributed by atoms with E-state index in [0.717, 1.165) is 16.1 Å². The Balaban J connectivity index is 2.25. The largest absolute Gasteiger partial charge is 0.494 e. The maximum Gasteiger partial charge on any atom is 0.247 e. The van der Waals surface area contributed by atoms with E-state index in [9.17, 15) is 13.2 Å². The highest BCUT2D eigenvalue weighted by Crippen LogP contribution is 2.24. The average Bonchev–Trinajstić information content (AvgIpc) is 2.57. The zero-order valence-corrected chi connectivity index (χ0v) is 16.2. The number of ether oxygens (including phenoxy) is 1. The Kier molecular flexibility index (Phi) is 6.26. The third-order valence-electron chi connectivity index (χ3n) is 3.81. The second-order valence-electron chi connectivity index (χ2n) is 6.02. The number of hydrogen-bond donors (Lipinski definition) is 1. The first-order valence-electron chi connectivity index (χ1n) is 8.32. The predicted octanol–water partition coefficient (Wildman–Crippen LogP) is 3.19. The van der Waals surface area contributed by atoms with E-state index < -0.39 is 22.0 Å². The normalized spacial score (nSPS) is 12.3. The lowest BCUT2D eigenvalue weighted by molar-refractivity contribution is -0.116. The van der Waals surface area contributed by atoms with Crippen molar-refractivity contribution in [3.8, 4) is 5.75 Å². The highest BCUT2D eigenvalue weighted by atomic mass is 32.2. The summed E-state index contributed by atoms with van der Waals surface area (Å²) in [6.45, 7) is 5.89. The van der Waals surface area contributed by atoms with E-state index in [1.165, 1.54) is 0 Å². The summed E-state index contributed by atoms with van der Waals surface area (Å²) in [7, 11) is -3.65. The molecule has 0 aliphatic heterocycles. The molecule has 1 amide bonds. The standard InChI is InChI=1S/C19H24N2O4S/c1-5-25-18-12-10-17(11-13-18)21(26(4,23)24)15(3)19(22)20-16-8-6-14(2)7-9-16/h6-13,15H,5H2,1-4H3,(H,20,22)/t15-/m0/s1. The SMILES string of the molecule is CCOc1ccc(N([C@@H](C)C(=O)Nc2ccc(C)cc2)S(C)(=O)=O)cc1. The van der Waals surface area contributed by atoms with Crippen molar-refractivity contribution in [1.29, 1.82) is 0 Å². The molecule has 0 radical (unpaired) electrons. The van der Waals surface area contributed by atoms with Crippen molar-refractivity contribution in [3.05, 3.63) is 54.1 Å². The zero-order valence-electron chi connectivity index (χ0n) is 15.4. The molecule has 140 valence electrons. The third kappa shape index (κ3) is 4.98. The number of amides is 1. The van der Waals surface area contributed by atoms with E-state index in [1.54, 1.807) is 43.3 Å². The van der Waals surface area contributed by atoms with Crippen molar-refractivity contribution in [1.82, 2.24) is 0 Å². The molecule has 0 aliphatic rings. The van der Waals surface area contributed by atoms with E-state index in [2.05, 4.69) is 5.32 Å². The zero-order chi connectivity index (χ0) is 19.3. The minimum Gasteiger partial charge on any atom is -0.494 e. The summed E-state index contributed by atoms with van der Waals surface area (Å²) in [6, 6.07) is 13.0. The molecule has 0 heterocycles. The van der Waals surface area contributed by atoms with Crippen molar-refractivity contribution in [2.45, 2.75) is 26.8 Å². The first kappa shape index (κ1) is 19.8. The molecule has 0 spiro atoms. The Labute approximate surface area is 154 Å². The molecule has 26 heavy (non-hydrogen) atoms. The number of carbonyl (C=O) groups excluding carboxylic acids is 1. The molecule has 0 unspecified atom stereocenters. The van der Waals surface area contributed by atoms with Crippen molar-refractivity contribution in [2.24, 2.45) is 0 Å². The van der Waals surface area contributed by atoms with Gasteiger partial charge < -0.3 is 10.1 Å². The van der Waals surface area contributed by atoms with Gasteiger partial charge in [0.05, 0.1) is 18.6 Å². The minimum absolute atomic E-state index is 0.405. The monoisotopic (exact) mass is 376 g/mol. The summed E-state index contributed by atoms with van der Waals surface area (Å²) >= 11 is 0. The fraction of sp³-hybridized carbons (Fsp3) is 0.316. The molecule has 2 rings (SSSR count). The molecule has 2 aromatic rings. The summed E-state index contributed by atoms with van der Waals surface area (Å²) in [5.74, 6) is 0.231. The number of sulfonamides is 1. The third-order valence-corrected chi connectivity index (χ3v) is 5.05. The first-order chi connectivity index (χ1) is 12.2. The Morgan fingerprint density at radius 2 is 1.69 bits per heavy atom. The summed E-state index contributed by atoms with van der Waals surface area (Å²) in [5.41, 5.74) is 2.10. The summed E-state index contributed by atoms with van der Waals surface area (Å²) < 4.78 is 31.1. The number of anilines is 2. The van der Waals surface area contributed by atoms with Crippen LogP contribution in [0.4, 0.5) is 11.4 Å². The summed E-state index contributed by atoms with van der Waals surface area (Å²) in [6.07, 6.45) is 1.08. The van der Waals surface area contributed by atoms with Crippen molar-refractivity contribution in [2.75, 3.05) is 22.5 Å². The van der Waals surface area contributed by atoms with Gasteiger partial charge in [0.1, 0.15) is 11.8 Å². The maximum absolute atomic E-state index is 12.6. The van der Waals surface area contributed by atoms with Gasteiger partial charge in [-0.25, -0.2) is 8.42 Å². The number of benzene rings is 2. The van der Waals surface area contributed by atoms with E-state index in [0.29, 0.717) is 23.7 Å². The Morgan fingerprint density at radius 3 is 2.19 bits per heavy atom. The molecule has 6 nitrogen and oxygen atoms in total. The van der Waals surface area contributed by atoms with Gasteiger partial charge in [-0.2, -0.15) is 0 Å². The molecule has 0 aliphatic carbocycles. The minimum atomic E-state index is -3.65. The number of hydrogen-bond acceptors (Lipinski definition) is 4. The Morgan fingerprint density at radius 1 is 1.12 bits per heavy atom. The molecule has 0 fully saturated rings. The van der Waals surface area contributed by atoms with E-state index in [1.807, 2.05) is 26.0 Å². The number of nitrogens with one attached hydrogen (secondary N) is 1. The lowest BCUT2D eigenvalue weighted by atomic mass is 10.2.